The van der Waals surface area contributed by atoms with Crippen LogP contribution < -0.4 is 5.73 Å². The van der Waals surface area contributed by atoms with Gasteiger partial charge in [0.05, 0.1) is 0 Å². The molecular formula is C16H25ClN2O. The molecule has 3 atom stereocenters. The summed E-state index contributed by atoms with van der Waals surface area (Å²) < 4.78 is 0. The second-order valence-electron chi connectivity index (χ2n) is 5.65. The number of hydrogen-bond donors (Lipinski definition) is 1. The van der Waals surface area contributed by atoms with Gasteiger partial charge in [0, 0.05) is 25.0 Å². The molecule has 1 aromatic carbocycles. The van der Waals surface area contributed by atoms with Crippen molar-refractivity contribution in [3.63, 3.8) is 0 Å². The first-order chi connectivity index (χ1) is 9.13. The second kappa shape index (κ2) is 7.65. The fraction of sp³-hybridized carbons (Fsp3) is 0.562. The Morgan fingerprint density at radius 1 is 1.40 bits per heavy atom. The highest BCUT2D eigenvalue weighted by Crippen LogP contribution is 2.28. The molecule has 2 rings (SSSR count). The van der Waals surface area contributed by atoms with Gasteiger partial charge in [-0.3, -0.25) is 4.79 Å². The van der Waals surface area contributed by atoms with Crippen molar-refractivity contribution in [3.8, 4) is 0 Å². The van der Waals surface area contributed by atoms with Crippen molar-refractivity contribution in [2.45, 2.75) is 32.7 Å². The van der Waals surface area contributed by atoms with Gasteiger partial charge in [-0.15, -0.1) is 12.4 Å². The average molecular weight is 297 g/mol. The number of likely N-dealkylation sites (tertiary alicyclic amines) is 1. The van der Waals surface area contributed by atoms with Gasteiger partial charge in [0.1, 0.15) is 0 Å². The normalized spacial score (nSPS) is 23.2. The third-order valence-corrected chi connectivity index (χ3v) is 4.31. The number of benzene rings is 1. The van der Waals surface area contributed by atoms with Gasteiger partial charge in [-0.05, 0) is 31.2 Å². The zero-order valence-electron chi connectivity index (χ0n) is 12.3. The molecule has 1 fully saturated rings. The summed E-state index contributed by atoms with van der Waals surface area (Å²) in [6, 6.07) is 10.9. The van der Waals surface area contributed by atoms with E-state index in [9.17, 15) is 4.79 Å². The number of halogens is 1. The van der Waals surface area contributed by atoms with Gasteiger partial charge in [0.25, 0.3) is 0 Å². The van der Waals surface area contributed by atoms with Crippen LogP contribution in [0.15, 0.2) is 30.3 Å². The summed E-state index contributed by atoms with van der Waals surface area (Å²) in [6.07, 6.45) is 2.15. The quantitative estimate of drug-likeness (QED) is 0.928. The molecule has 0 aliphatic carbocycles. The van der Waals surface area contributed by atoms with E-state index in [1.54, 1.807) is 0 Å². The molecule has 0 aromatic heterocycles. The fourth-order valence-electron chi connectivity index (χ4n) is 2.89. The Morgan fingerprint density at radius 3 is 2.65 bits per heavy atom. The third-order valence-electron chi connectivity index (χ3n) is 4.31. The average Bonchev–Trinajstić information content (AvgIpc) is 2.80. The molecule has 0 radical (unpaired) electrons. The summed E-state index contributed by atoms with van der Waals surface area (Å²) in [5.74, 6) is 0.722. The van der Waals surface area contributed by atoms with Crippen molar-refractivity contribution in [1.82, 2.24) is 4.90 Å². The van der Waals surface area contributed by atoms with Crippen molar-refractivity contribution >= 4 is 18.3 Å². The summed E-state index contributed by atoms with van der Waals surface area (Å²) in [4.78, 5) is 14.2. The highest BCUT2D eigenvalue weighted by Gasteiger charge is 2.34. The van der Waals surface area contributed by atoms with Crippen LogP contribution in [0.5, 0.6) is 0 Å². The Balaban J connectivity index is 0.00000200. The molecule has 0 bridgehead atoms. The molecule has 20 heavy (non-hydrogen) atoms. The summed E-state index contributed by atoms with van der Waals surface area (Å²) in [7, 11) is 0. The van der Waals surface area contributed by atoms with E-state index >= 15 is 0 Å². The van der Waals surface area contributed by atoms with E-state index in [2.05, 4.69) is 31.2 Å². The van der Waals surface area contributed by atoms with Crippen LogP contribution in [0.4, 0.5) is 0 Å². The molecular weight excluding hydrogens is 272 g/mol. The topological polar surface area (TPSA) is 46.3 Å². The van der Waals surface area contributed by atoms with E-state index in [0.29, 0.717) is 18.5 Å². The maximum atomic E-state index is 12.2. The number of nitrogens with two attached hydrogens (primary N) is 1. The smallest absolute Gasteiger partial charge is 0.226 e. The zero-order valence-corrected chi connectivity index (χ0v) is 13.1. The summed E-state index contributed by atoms with van der Waals surface area (Å²) in [6.45, 7) is 5.40. The minimum atomic E-state index is -0.0575. The lowest BCUT2D eigenvalue weighted by Crippen LogP contribution is -2.41. The molecule has 1 aliphatic heterocycles. The molecule has 1 saturated heterocycles. The second-order valence-corrected chi connectivity index (χ2v) is 5.65. The van der Waals surface area contributed by atoms with Crippen LogP contribution in [0.3, 0.4) is 0 Å². The van der Waals surface area contributed by atoms with Crippen LogP contribution >= 0.6 is 12.4 Å². The Hall–Kier alpha value is -1.06. The van der Waals surface area contributed by atoms with E-state index in [1.165, 1.54) is 5.56 Å². The minimum absolute atomic E-state index is 0. The Labute approximate surface area is 127 Å². The Morgan fingerprint density at radius 2 is 2.05 bits per heavy atom. The van der Waals surface area contributed by atoms with Gasteiger partial charge in [-0.25, -0.2) is 0 Å². The lowest BCUT2D eigenvalue weighted by atomic mass is 9.93. The number of carbonyl (C=O) groups is 1. The van der Waals surface area contributed by atoms with Crippen molar-refractivity contribution in [2.24, 2.45) is 17.6 Å². The van der Waals surface area contributed by atoms with E-state index < -0.39 is 0 Å². The predicted octanol–water partition coefficient (Wildman–Crippen LogP) is 2.48. The van der Waals surface area contributed by atoms with Crippen LogP contribution in [0.1, 0.15) is 25.8 Å². The fourth-order valence-corrected chi connectivity index (χ4v) is 2.89. The van der Waals surface area contributed by atoms with E-state index in [0.717, 1.165) is 19.4 Å². The van der Waals surface area contributed by atoms with Gasteiger partial charge in [-0.1, -0.05) is 37.3 Å². The summed E-state index contributed by atoms with van der Waals surface area (Å²) in [5, 5.41) is 0. The predicted molar refractivity (Wildman–Crippen MR) is 84.9 cm³/mol. The Kier molecular flexibility index (Phi) is 6.50. The number of rotatable bonds is 4. The maximum absolute atomic E-state index is 12.2. The number of amides is 1. The first-order valence-corrected chi connectivity index (χ1v) is 7.18. The molecule has 112 valence electrons. The minimum Gasteiger partial charge on any atom is -0.339 e. The van der Waals surface area contributed by atoms with Crippen LogP contribution in [0.25, 0.3) is 0 Å². The van der Waals surface area contributed by atoms with Crippen LogP contribution in [-0.2, 0) is 11.2 Å². The highest BCUT2D eigenvalue weighted by atomic mass is 35.5. The van der Waals surface area contributed by atoms with E-state index in [1.807, 2.05) is 17.9 Å². The molecule has 1 aliphatic rings. The summed E-state index contributed by atoms with van der Waals surface area (Å²) >= 11 is 0. The molecule has 0 saturated carbocycles. The maximum Gasteiger partial charge on any atom is 0.226 e. The SMILES string of the molecule is CC(CN)C(=O)N1CCC(Cc2ccccc2)C1C.Cl. The molecule has 2 N–H and O–H groups in total. The first kappa shape index (κ1) is 17.0. The van der Waals surface area contributed by atoms with Crippen molar-refractivity contribution < 1.29 is 4.79 Å². The van der Waals surface area contributed by atoms with Crippen LogP contribution in [0, 0.1) is 11.8 Å². The molecule has 1 heterocycles. The molecule has 0 spiro atoms. The number of carbonyl (C=O) groups excluding carboxylic acids is 1. The van der Waals surface area contributed by atoms with E-state index in [-0.39, 0.29) is 24.2 Å². The van der Waals surface area contributed by atoms with Gasteiger partial charge in [0.15, 0.2) is 0 Å². The van der Waals surface area contributed by atoms with Crippen LogP contribution in [-0.4, -0.2) is 29.9 Å². The molecule has 1 aromatic rings. The summed E-state index contributed by atoms with van der Waals surface area (Å²) in [5.41, 5.74) is 6.96. The van der Waals surface area contributed by atoms with Crippen molar-refractivity contribution in [1.29, 1.82) is 0 Å². The lowest BCUT2D eigenvalue weighted by Gasteiger charge is -2.27. The van der Waals surface area contributed by atoms with E-state index in [4.69, 9.17) is 5.73 Å². The van der Waals surface area contributed by atoms with Crippen molar-refractivity contribution in [2.75, 3.05) is 13.1 Å². The molecule has 3 nitrogen and oxygen atoms in total. The number of hydrogen-bond acceptors (Lipinski definition) is 2. The van der Waals surface area contributed by atoms with Crippen molar-refractivity contribution in [3.05, 3.63) is 35.9 Å². The third kappa shape index (κ3) is 3.74. The van der Waals surface area contributed by atoms with Crippen LogP contribution in [0.2, 0.25) is 0 Å². The highest BCUT2D eigenvalue weighted by molar-refractivity contribution is 5.85. The monoisotopic (exact) mass is 296 g/mol. The molecule has 1 amide bonds. The standard InChI is InChI=1S/C16H24N2O.ClH/c1-12(11-17)16(19)18-9-8-15(13(18)2)10-14-6-4-3-5-7-14;/h3-7,12-13,15H,8-11,17H2,1-2H3;1H. The lowest BCUT2D eigenvalue weighted by molar-refractivity contribution is -0.135. The molecule has 3 unspecified atom stereocenters. The van der Waals surface area contributed by atoms with Gasteiger partial charge >= 0.3 is 0 Å². The first-order valence-electron chi connectivity index (χ1n) is 7.18. The van der Waals surface area contributed by atoms with Gasteiger partial charge < -0.3 is 10.6 Å². The zero-order chi connectivity index (χ0) is 13.8. The van der Waals surface area contributed by atoms with Gasteiger partial charge in [0.2, 0.25) is 5.91 Å². The Bertz CT molecular complexity index is 424. The largest absolute Gasteiger partial charge is 0.339 e. The number of nitrogens with zero attached hydrogens (tertiary/aromatic N) is 1. The van der Waals surface area contributed by atoms with Gasteiger partial charge in [-0.2, -0.15) is 0 Å². The molecule has 4 heteroatoms.